The second-order valence-electron chi connectivity index (χ2n) is 13.9. The molecule has 0 saturated carbocycles. The number of carbonyl (C=O) groups is 2. The zero-order valence-corrected chi connectivity index (χ0v) is 30.7. The fraction of sp³-hybridized carbons (Fsp3) is 0.421. The van der Waals surface area contributed by atoms with E-state index in [1.807, 2.05) is 26.1 Å². The molecule has 3 aromatic rings. The smallest absolute Gasteiger partial charge is 0.242 e. The number of phenols is 2. The van der Waals surface area contributed by atoms with Crippen molar-refractivity contribution < 1.29 is 34.0 Å². The Morgan fingerprint density at radius 3 is 2.50 bits per heavy atom. The Hall–Kier alpha value is -5.10. The van der Waals surface area contributed by atoms with Crippen molar-refractivity contribution in [3.05, 3.63) is 69.8 Å². The van der Waals surface area contributed by atoms with Gasteiger partial charge in [-0.1, -0.05) is 24.3 Å². The number of likely N-dealkylation sites (N-methyl/N-ethyl adjacent to an activating group) is 1. The Kier molecular flexibility index (Phi) is 9.14. The Bertz CT molecular complexity index is 2020. The van der Waals surface area contributed by atoms with Crippen LogP contribution in [0.1, 0.15) is 59.3 Å². The molecule has 4 aliphatic heterocycles. The second-order valence-corrected chi connectivity index (χ2v) is 14.3. The Balaban J connectivity index is 1.26. The molecule has 3 aromatic carbocycles. The first-order chi connectivity index (χ1) is 24.9. The number of nitrogens with one attached hydrogen (secondary N) is 2. The molecule has 52 heavy (non-hydrogen) atoms. The zero-order valence-electron chi connectivity index (χ0n) is 29.9. The van der Waals surface area contributed by atoms with Gasteiger partial charge in [0.15, 0.2) is 28.1 Å². The molecule has 1 fully saturated rings. The number of nitrogens with zero attached hydrogens (tertiary/aromatic N) is 4. The van der Waals surface area contributed by atoms with Gasteiger partial charge in [-0.3, -0.25) is 24.3 Å². The number of nitriles is 1. The van der Waals surface area contributed by atoms with Gasteiger partial charge in [0, 0.05) is 47.8 Å². The van der Waals surface area contributed by atoms with Crippen LogP contribution in [0, 0.1) is 25.2 Å². The summed E-state index contributed by atoms with van der Waals surface area (Å²) < 4.78 is 17.5. The van der Waals surface area contributed by atoms with Gasteiger partial charge >= 0.3 is 0 Å². The molecule has 0 aromatic heterocycles. The molecule has 2 bridgehead atoms. The van der Waals surface area contributed by atoms with Crippen molar-refractivity contribution in [2.45, 2.75) is 76.8 Å². The lowest BCUT2D eigenvalue weighted by Gasteiger charge is -2.60. The number of amides is 2. The number of fused-ring (bicyclic) bond motifs is 9. The van der Waals surface area contributed by atoms with Gasteiger partial charge in [0.1, 0.15) is 17.8 Å². The average molecular weight is 727 g/mol. The first-order valence-corrected chi connectivity index (χ1v) is 17.7. The maximum absolute atomic E-state index is 13.8. The van der Waals surface area contributed by atoms with Crippen molar-refractivity contribution in [1.29, 1.82) is 5.26 Å². The molecule has 4 N–H and O–H groups in total. The molecule has 6 atom stereocenters. The lowest BCUT2D eigenvalue weighted by Crippen LogP contribution is -2.69. The fourth-order valence-electron chi connectivity index (χ4n) is 8.73. The number of aromatic hydroxyl groups is 2. The number of aryl methyl sites for hydroxylation is 1. The number of ether oxygens (including phenoxy) is 3. The maximum Gasteiger partial charge on any atom is 0.242 e. The molecule has 2 amide bonds. The van der Waals surface area contributed by atoms with E-state index >= 15 is 0 Å². The molecule has 4 aliphatic rings. The Labute approximate surface area is 307 Å². The van der Waals surface area contributed by atoms with Crippen LogP contribution in [0.25, 0.3) is 0 Å². The molecule has 0 aliphatic carbocycles. The number of hydrogen-bond donors (Lipinski definition) is 4. The van der Waals surface area contributed by atoms with Crippen molar-refractivity contribution in [2.75, 3.05) is 32.4 Å². The van der Waals surface area contributed by atoms with E-state index in [0.717, 1.165) is 16.7 Å². The number of para-hydroxylation sites is 1. The lowest BCUT2D eigenvalue weighted by molar-refractivity contribution is -0.123. The number of hydrogen-bond acceptors (Lipinski definition) is 11. The zero-order chi connectivity index (χ0) is 37.2. The van der Waals surface area contributed by atoms with Crippen LogP contribution >= 0.6 is 12.2 Å². The number of anilines is 1. The topological polar surface area (TPSA) is 160 Å². The highest BCUT2D eigenvalue weighted by Gasteiger charge is 2.56. The lowest BCUT2D eigenvalue weighted by atomic mass is 9.71. The second kappa shape index (κ2) is 13.5. The summed E-state index contributed by atoms with van der Waals surface area (Å²) in [6.07, 6.45) is 0.849. The summed E-state index contributed by atoms with van der Waals surface area (Å²) in [5.41, 5.74) is 4.91. The van der Waals surface area contributed by atoms with Crippen molar-refractivity contribution in [1.82, 2.24) is 20.4 Å². The summed E-state index contributed by atoms with van der Waals surface area (Å²) in [4.78, 5) is 32.0. The van der Waals surface area contributed by atoms with Crippen LogP contribution in [0.4, 0.5) is 5.69 Å². The highest BCUT2D eigenvalue weighted by molar-refractivity contribution is 7.80. The van der Waals surface area contributed by atoms with Crippen LogP contribution in [0.15, 0.2) is 36.4 Å². The Morgan fingerprint density at radius 1 is 1.12 bits per heavy atom. The van der Waals surface area contributed by atoms with Gasteiger partial charge in [0.05, 0.1) is 31.0 Å². The van der Waals surface area contributed by atoms with Gasteiger partial charge in [0.25, 0.3) is 0 Å². The predicted molar refractivity (Wildman–Crippen MR) is 196 cm³/mol. The molecule has 272 valence electrons. The highest BCUT2D eigenvalue weighted by Crippen LogP contribution is 2.58. The van der Waals surface area contributed by atoms with Gasteiger partial charge in [-0.2, -0.15) is 5.26 Å². The van der Waals surface area contributed by atoms with Crippen LogP contribution in [0.2, 0.25) is 0 Å². The predicted octanol–water partition coefficient (Wildman–Crippen LogP) is 3.66. The normalized spacial score (nSPS) is 23.3. The van der Waals surface area contributed by atoms with Gasteiger partial charge in [-0.15, -0.1) is 0 Å². The van der Waals surface area contributed by atoms with Crippen molar-refractivity contribution in [2.24, 2.45) is 0 Å². The number of rotatable bonds is 6. The molecule has 1 unspecified atom stereocenters. The highest BCUT2D eigenvalue weighted by atomic mass is 32.1. The molecular weight excluding hydrogens is 685 g/mol. The Morgan fingerprint density at radius 2 is 1.83 bits per heavy atom. The third-order valence-corrected chi connectivity index (χ3v) is 11.3. The van der Waals surface area contributed by atoms with E-state index in [4.69, 9.17) is 26.4 Å². The maximum atomic E-state index is 13.8. The van der Waals surface area contributed by atoms with E-state index < -0.39 is 30.1 Å². The third-order valence-electron chi connectivity index (χ3n) is 11.0. The summed E-state index contributed by atoms with van der Waals surface area (Å²) in [5, 5.41) is 40.4. The first-order valence-electron chi connectivity index (χ1n) is 17.3. The SMILES string of the molecule is COc1c(C)cc2c(c1O)[C@@H]1C3Cc4c(O)c(C)c5c(c4[C@H](CNC(=O)[C@H](C)NC(=S)N(C(C)=O)c4ccccc4)N3[C@@H](C#N)[C@@H](C2)N1C)OCO5. The monoisotopic (exact) mass is 726 g/mol. The van der Waals surface area contributed by atoms with Crippen LogP contribution in [-0.4, -0.2) is 88.6 Å². The third kappa shape index (κ3) is 5.46. The number of carbonyl (C=O) groups excluding carboxylic acids is 2. The molecule has 7 rings (SSSR count). The summed E-state index contributed by atoms with van der Waals surface area (Å²) in [6, 6.07) is 10.4. The van der Waals surface area contributed by atoms with Gasteiger partial charge in [0.2, 0.25) is 18.6 Å². The molecule has 14 heteroatoms. The van der Waals surface area contributed by atoms with Crippen LogP contribution in [0.3, 0.4) is 0 Å². The van der Waals surface area contributed by atoms with E-state index in [1.54, 1.807) is 38.1 Å². The molecule has 1 saturated heterocycles. The van der Waals surface area contributed by atoms with E-state index in [-0.39, 0.29) is 47.9 Å². The van der Waals surface area contributed by atoms with Crippen molar-refractivity contribution in [3.63, 3.8) is 0 Å². The molecular formula is C38H42N6O7S. The summed E-state index contributed by atoms with van der Waals surface area (Å²) >= 11 is 5.58. The van der Waals surface area contributed by atoms with Crippen LogP contribution in [0.5, 0.6) is 28.7 Å². The van der Waals surface area contributed by atoms with E-state index in [0.29, 0.717) is 52.5 Å². The number of benzene rings is 3. The van der Waals surface area contributed by atoms with Gasteiger partial charge in [-0.25, -0.2) is 0 Å². The molecule has 0 spiro atoms. The number of phenolic OH excluding ortho intramolecular Hbond substituents is 2. The average Bonchev–Trinajstić information content (AvgIpc) is 3.60. The molecule has 13 nitrogen and oxygen atoms in total. The van der Waals surface area contributed by atoms with Gasteiger partial charge < -0.3 is 35.1 Å². The summed E-state index contributed by atoms with van der Waals surface area (Å²) in [5.74, 6) is 0.752. The van der Waals surface area contributed by atoms with E-state index in [9.17, 15) is 25.1 Å². The number of thiocarbonyl (C=S) groups is 1. The standard InChI is InChI=1S/C38H42N6O7S/c1-18-12-22-13-25-27(15-39)44-26(31(42(25)5)29(22)33(47)34(18)49-6)14-24-30(36-35(50-17-51-36)19(2)32(24)46)28(44)16-40-37(48)20(3)41-38(52)43(21(4)45)23-10-8-7-9-11-23/h7-12,20,25-28,31,46-47H,13-14,16-17H2,1-6H3,(H,40,48)(H,41,52)/t20-,25+,26?,27-,28-,31-/m0/s1. The first kappa shape index (κ1) is 35.3. The van der Waals surface area contributed by atoms with Crippen LogP contribution in [-0.2, 0) is 22.4 Å². The van der Waals surface area contributed by atoms with Crippen LogP contribution < -0.4 is 29.7 Å². The van der Waals surface area contributed by atoms with E-state index in [2.05, 4.69) is 26.5 Å². The minimum absolute atomic E-state index is 0.0307. The van der Waals surface area contributed by atoms with E-state index in [1.165, 1.54) is 18.9 Å². The number of methoxy groups -OCH3 is 1. The number of piperazine rings is 1. The quantitative estimate of drug-likeness (QED) is 0.274. The summed E-state index contributed by atoms with van der Waals surface area (Å²) in [6.45, 7) is 6.74. The van der Waals surface area contributed by atoms with Crippen molar-refractivity contribution >= 4 is 34.8 Å². The molecule has 0 radical (unpaired) electrons. The molecule has 4 heterocycles. The van der Waals surface area contributed by atoms with Crippen molar-refractivity contribution in [3.8, 4) is 34.8 Å². The fourth-order valence-corrected chi connectivity index (χ4v) is 9.14. The largest absolute Gasteiger partial charge is 0.507 e. The summed E-state index contributed by atoms with van der Waals surface area (Å²) in [7, 11) is 3.50. The van der Waals surface area contributed by atoms with Gasteiger partial charge in [-0.05, 0) is 76.1 Å². The minimum Gasteiger partial charge on any atom is -0.507 e. The minimum atomic E-state index is -0.841.